The lowest BCUT2D eigenvalue weighted by molar-refractivity contribution is -0.120. The van der Waals surface area contributed by atoms with Gasteiger partial charge in [-0.2, -0.15) is 5.26 Å². The van der Waals surface area contributed by atoms with Crippen molar-refractivity contribution in [2.45, 2.75) is 25.9 Å². The molecule has 1 unspecified atom stereocenters. The van der Waals surface area contributed by atoms with Gasteiger partial charge in [-0.3, -0.25) is 4.79 Å². The lowest BCUT2D eigenvalue weighted by atomic mass is 10.1. The van der Waals surface area contributed by atoms with Gasteiger partial charge in [0.2, 0.25) is 5.91 Å². The molecule has 17 heavy (non-hydrogen) atoms. The topological polar surface area (TPSA) is 73.1 Å². The second-order valence-corrected chi connectivity index (χ2v) is 3.97. The molecule has 4 nitrogen and oxygen atoms in total. The summed E-state index contributed by atoms with van der Waals surface area (Å²) in [5, 5.41) is 20.4. The van der Waals surface area contributed by atoms with E-state index in [0.29, 0.717) is 24.9 Å². The molecule has 0 saturated heterocycles. The van der Waals surface area contributed by atoms with Crippen LogP contribution in [0.2, 0.25) is 0 Å². The average Bonchev–Trinajstić information content (AvgIpc) is 2.29. The van der Waals surface area contributed by atoms with E-state index in [9.17, 15) is 4.79 Å². The number of carbonyl (C=O) groups excluding carboxylic acids is 1. The highest BCUT2D eigenvalue weighted by Gasteiger charge is 2.03. The van der Waals surface area contributed by atoms with E-state index in [0.717, 1.165) is 5.56 Å². The molecule has 0 bridgehead atoms. The summed E-state index contributed by atoms with van der Waals surface area (Å²) in [6, 6.07) is 8.95. The Kier molecular flexibility index (Phi) is 5.18. The lowest BCUT2D eigenvalue weighted by Gasteiger charge is -2.06. The van der Waals surface area contributed by atoms with Crippen LogP contribution in [0.3, 0.4) is 0 Å². The van der Waals surface area contributed by atoms with Gasteiger partial charge in [-0.1, -0.05) is 12.1 Å². The quantitative estimate of drug-likeness (QED) is 0.795. The Hall–Kier alpha value is -1.86. The summed E-state index contributed by atoms with van der Waals surface area (Å²) in [5.74, 6) is -0.0737. The number of nitriles is 1. The first kappa shape index (κ1) is 13.2. The van der Waals surface area contributed by atoms with E-state index in [-0.39, 0.29) is 5.91 Å². The Balaban J connectivity index is 2.37. The van der Waals surface area contributed by atoms with Crippen molar-refractivity contribution in [2.75, 3.05) is 6.54 Å². The second kappa shape index (κ2) is 6.66. The van der Waals surface area contributed by atoms with Gasteiger partial charge in [0.25, 0.3) is 0 Å². The summed E-state index contributed by atoms with van der Waals surface area (Å²) in [5.41, 5.74) is 1.46. The molecule has 0 spiro atoms. The Morgan fingerprint density at radius 1 is 1.47 bits per heavy atom. The molecule has 0 aliphatic heterocycles. The number of hydrogen-bond acceptors (Lipinski definition) is 3. The van der Waals surface area contributed by atoms with Crippen LogP contribution in [0.5, 0.6) is 0 Å². The zero-order valence-electron chi connectivity index (χ0n) is 9.81. The number of nitrogens with zero attached hydrogens (tertiary/aromatic N) is 1. The third kappa shape index (κ3) is 5.14. The van der Waals surface area contributed by atoms with Gasteiger partial charge in [-0.15, -0.1) is 0 Å². The van der Waals surface area contributed by atoms with Crippen molar-refractivity contribution in [3.63, 3.8) is 0 Å². The van der Waals surface area contributed by atoms with E-state index in [4.69, 9.17) is 10.4 Å². The fourth-order valence-corrected chi connectivity index (χ4v) is 1.37. The molecule has 0 aliphatic carbocycles. The Morgan fingerprint density at radius 3 is 2.65 bits per heavy atom. The number of benzene rings is 1. The molecule has 1 amide bonds. The van der Waals surface area contributed by atoms with Gasteiger partial charge in [0.15, 0.2) is 0 Å². The fraction of sp³-hybridized carbons (Fsp3) is 0.385. The molecule has 0 aliphatic rings. The monoisotopic (exact) mass is 232 g/mol. The number of aliphatic hydroxyl groups excluding tert-OH is 1. The fourth-order valence-electron chi connectivity index (χ4n) is 1.37. The minimum Gasteiger partial charge on any atom is -0.393 e. The molecule has 1 rings (SSSR count). The molecule has 0 radical (unpaired) electrons. The van der Waals surface area contributed by atoms with Crippen molar-refractivity contribution in [2.24, 2.45) is 0 Å². The van der Waals surface area contributed by atoms with E-state index in [2.05, 4.69) is 5.32 Å². The van der Waals surface area contributed by atoms with E-state index in [1.807, 2.05) is 6.07 Å². The number of carbonyl (C=O) groups is 1. The van der Waals surface area contributed by atoms with Crippen LogP contribution in [0.25, 0.3) is 0 Å². The third-order valence-corrected chi connectivity index (χ3v) is 2.33. The number of amides is 1. The average molecular weight is 232 g/mol. The highest BCUT2D eigenvalue weighted by Crippen LogP contribution is 2.04. The first-order chi connectivity index (χ1) is 8.11. The maximum Gasteiger partial charge on any atom is 0.224 e. The molecule has 0 aromatic heterocycles. The Bertz CT molecular complexity index is 404. The minimum absolute atomic E-state index is 0.0737. The molecule has 0 heterocycles. The van der Waals surface area contributed by atoms with Crippen molar-refractivity contribution < 1.29 is 9.90 Å². The molecular weight excluding hydrogens is 216 g/mol. The molecule has 4 heteroatoms. The predicted octanol–water partition coefficient (Wildman–Crippen LogP) is 0.988. The highest BCUT2D eigenvalue weighted by molar-refractivity contribution is 5.78. The maximum absolute atomic E-state index is 11.5. The van der Waals surface area contributed by atoms with Crippen LogP contribution in [0, 0.1) is 11.3 Å². The summed E-state index contributed by atoms with van der Waals surface area (Å²) >= 11 is 0. The summed E-state index contributed by atoms with van der Waals surface area (Å²) in [6.07, 6.45) is 0.454. The molecule has 0 fully saturated rings. The number of nitrogens with one attached hydrogen (secondary N) is 1. The summed E-state index contributed by atoms with van der Waals surface area (Å²) in [7, 11) is 0. The summed E-state index contributed by atoms with van der Waals surface area (Å²) in [6.45, 7) is 2.17. The van der Waals surface area contributed by atoms with Gasteiger partial charge in [-0.05, 0) is 31.0 Å². The molecular formula is C13H16N2O2. The lowest BCUT2D eigenvalue weighted by Crippen LogP contribution is -2.27. The second-order valence-electron chi connectivity index (χ2n) is 3.97. The molecule has 1 aromatic carbocycles. The van der Waals surface area contributed by atoms with E-state index in [1.54, 1.807) is 31.2 Å². The van der Waals surface area contributed by atoms with Crippen LogP contribution in [0.15, 0.2) is 24.3 Å². The van der Waals surface area contributed by atoms with Gasteiger partial charge in [-0.25, -0.2) is 0 Å². The van der Waals surface area contributed by atoms with Gasteiger partial charge in [0.05, 0.1) is 24.2 Å². The largest absolute Gasteiger partial charge is 0.393 e. The SMILES string of the molecule is CC(O)CCNC(=O)Cc1ccc(C#N)cc1. The normalized spacial score (nSPS) is 11.6. The van der Waals surface area contributed by atoms with Crippen LogP contribution in [0.4, 0.5) is 0 Å². The van der Waals surface area contributed by atoms with Gasteiger partial charge in [0.1, 0.15) is 0 Å². The van der Waals surface area contributed by atoms with Gasteiger partial charge in [0, 0.05) is 6.54 Å². The van der Waals surface area contributed by atoms with Crippen molar-refractivity contribution in [3.05, 3.63) is 35.4 Å². The molecule has 1 atom stereocenters. The van der Waals surface area contributed by atoms with Crippen LogP contribution >= 0.6 is 0 Å². The van der Waals surface area contributed by atoms with Crippen molar-refractivity contribution in [3.8, 4) is 6.07 Å². The van der Waals surface area contributed by atoms with E-state index < -0.39 is 6.10 Å². The van der Waals surface area contributed by atoms with Gasteiger partial charge < -0.3 is 10.4 Å². The molecule has 1 aromatic rings. The smallest absolute Gasteiger partial charge is 0.224 e. The van der Waals surface area contributed by atoms with Crippen molar-refractivity contribution in [1.82, 2.24) is 5.32 Å². The molecule has 0 saturated carbocycles. The zero-order valence-corrected chi connectivity index (χ0v) is 9.81. The third-order valence-electron chi connectivity index (χ3n) is 2.33. The van der Waals surface area contributed by atoms with Crippen LogP contribution < -0.4 is 5.32 Å². The Morgan fingerprint density at radius 2 is 2.12 bits per heavy atom. The Labute approximate surface area is 101 Å². The molecule has 90 valence electrons. The summed E-state index contributed by atoms with van der Waals surface area (Å²) < 4.78 is 0. The molecule has 2 N–H and O–H groups in total. The van der Waals surface area contributed by atoms with E-state index in [1.165, 1.54) is 0 Å². The maximum atomic E-state index is 11.5. The number of rotatable bonds is 5. The predicted molar refractivity (Wildman–Crippen MR) is 64.2 cm³/mol. The highest BCUT2D eigenvalue weighted by atomic mass is 16.3. The van der Waals surface area contributed by atoms with Gasteiger partial charge >= 0.3 is 0 Å². The van der Waals surface area contributed by atoms with Crippen molar-refractivity contribution in [1.29, 1.82) is 5.26 Å². The first-order valence-corrected chi connectivity index (χ1v) is 5.55. The first-order valence-electron chi connectivity index (χ1n) is 5.55. The minimum atomic E-state index is -0.398. The standard InChI is InChI=1S/C13H16N2O2/c1-10(16)6-7-15-13(17)8-11-2-4-12(9-14)5-3-11/h2-5,10,16H,6-8H2,1H3,(H,15,17). The zero-order chi connectivity index (χ0) is 12.7. The van der Waals surface area contributed by atoms with Crippen LogP contribution in [-0.4, -0.2) is 23.7 Å². The van der Waals surface area contributed by atoms with E-state index >= 15 is 0 Å². The van der Waals surface area contributed by atoms with Crippen LogP contribution in [0.1, 0.15) is 24.5 Å². The number of hydrogen-bond donors (Lipinski definition) is 2. The van der Waals surface area contributed by atoms with Crippen molar-refractivity contribution >= 4 is 5.91 Å². The number of aliphatic hydroxyl groups is 1. The summed E-state index contributed by atoms with van der Waals surface area (Å²) in [4.78, 5) is 11.5. The van der Waals surface area contributed by atoms with Crippen LogP contribution in [-0.2, 0) is 11.2 Å².